The number of alkyl halides is 2. The zero-order valence-electron chi connectivity index (χ0n) is 16.0. The van der Waals surface area contributed by atoms with Crippen molar-refractivity contribution in [3.63, 3.8) is 0 Å². The van der Waals surface area contributed by atoms with E-state index in [4.69, 9.17) is 4.74 Å². The first-order valence-corrected chi connectivity index (χ1v) is 8.75. The van der Waals surface area contributed by atoms with Crippen LogP contribution in [0.25, 0.3) is 0 Å². The number of nitrogens with zero attached hydrogens (tertiary/aromatic N) is 1. The number of nitrogens with one attached hydrogen (secondary N) is 2. The molecule has 1 saturated heterocycles. The van der Waals surface area contributed by atoms with Crippen LogP contribution in [0.15, 0.2) is 24.3 Å². The van der Waals surface area contributed by atoms with E-state index in [1.807, 2.05) is 0 Å². The lowest BCUT2D eigenvalue weighted by atomic mass is 9.99. The van der Waals surface area contributed by atoms with Gasteiger partial charge in [0.25, 0.3) is 11.8 Å². The Morgan fingerprint density at radius 2 is 1.93 bits per heavy atom. The molecule has 29 heavy (non-hydrogen) atoms. The van der Waals surface area contributed by atoms with Crippen molar-refractivity contribution in [1.82, 2.24) is 10.2 Å². The van der Waals surface area contributed by atoms with Crippen molar-refractivity contribution in [2.45, 2.75) is 45.4 Å². The van der Waals surface area contributed by atoms with Crippen LogP contribution in [0.3, 0.4) is 0 Å². The van der Waals surface area contributed by atoms with Gasteiger partial charge in [-0.05, 0) is 32.4 Å². The van der Waals surface area contributed by atoms with Gasteiger partial charge in [-0.15, -0.1) is 0 Å². The normalized spacial score (nSPS) is 19.7. The molecule has 1 aromatic carbocycles. The zero-order valence-corrected chi connectivity index (χ0v) is 16.0. The molecule has 2 rings (SSSR count). The molecule has 1 aliphatic heterocycles. The van der Waals surface area contributed by atoms with E-state index >= 15 is 0 Å². The average Bonchev–Trinajstić information content (AvgIpc) is 2.86. The van der Waals surface area contributed by atoms with Gasteiger partial charge in [0.15, 0.2) is 6.10 Å². The number of rotatable bonds is 8. The highest BCUT2D eigenvalue weighted by molar-refractivity contribution is 6.08. The third-order valence-electron chi connectivity index (χ3n) is 4.38. The van der Waals surface area contributed by atoms with E-state index in [1.165, 1.54) is 38.1 Å². The molecule has 0 radical (unpaired) electrons. The number of anilines is 1. The summed E-state index contributed by atoms with van der Waals surface area (Å²) in [6.07, 6.45) is -0.984. The minimum absolute atomic E-state index is 0.0338. The molecule has 158 valence electrons. The van der Waals surface area contributed by atoms with Crippen LogP contribution in [0, 0.1) is 0 Å². The van der Waals surface area contributed by atoms with Crippen LogP contribution >= 0.6 is 0 Å². The Labute approximate surface area is 165 Å². The molecule has 4 amide bonds. The highest BCUT2D eigenvalue weighted by Crippen LogP contribution is 2.26. The Morgan fingerprint density at radius 3 is 2.52 bits per heavy atom. The molecule has 2 N–H and O–H groups in total. The van der Waals surface area contributed by atoms with Crippen molar-refractivity contribution in [1.29, 1.82) is 0 Å². The molecule has 0 aromatic heterocycles. The first kappa shape index (κ1) is 22.1. The molecule has 2 atom stereocenters. The predicted molar refractivity (Wildman–Crippen MR) is 96.2 cm³/mol. The third-order valence-corrected chi connectivity index (χ3v) is 4.38. The highest BCUT2D eigenvalue weighted by Gasteiger charge is 2.47. The largest absolute Gasteiger partial charge is 0.451 e. The van der Waals surface area contributed by atoms with Gasteiger partial charge in [0, 0.05) is 0 Å². The molecule has 0 unspecified atom stereocenters. The Hall–Kier alpha value is -3.24. The molecule has 0 saturated carbocycles. The molecule has 0 bridgehead atoms. The smallest absolute Gasteiger partial charge is 0.387 e. The van der Waals surface area contributed by atoms with Crippen molar-refractivity contribution >= 4 is 29.5 Å². The minimum atomic E-state index is -3.08. The van der Waals surface area contributed by atoms with Gasteiger partial charge in [0.2, 0.25) is 0 Å². The Balaban J connectivity index is 1.96. The molecular formula is C18H21F2N3O6. The second-order valence-corrected chi connectivity index (χ2v) is 6.50. The number of imide groups is 1. The maximum Gasteiger partial charge on any atom is 0.387 e. The minimum Gasteiger partial charge on any atom is -0.451 e. The number of benzene rings is 1. The maximum atomic E-state index is 12.4. The maximum absolute atomic E-state index is 12.4. The number of esters is 1. The fourth-order valence-electron chi connectivity index (χ4n) is 2.55. The number of hydrogen-bond acceptors (Lipinski definition) is 6. The van der Waals surface area contributed by atoms with E-state index in [0.29, 0.717) is 11.3 Å². The van der Waals surface area contributed by atoms with Gasteiger partial charge in [-0.1, -0.05) is 19.1 Å². The number of hydrogen-bond donors (Lipinski definition) is 2. The van der Waals surface area contributed by atoms with E-state index in [1.54, 1.807) is 6.92 Å². The van der Waals surface area contributed by atoms with Crippen molar-refractivity contribution < 1.29 is 37.4 Å². The summed E-state index contributed by atoms with van der Waals surface area (Å²) in [5, 5.41) is 4.81. The monoisotopic (exact) mass is 413 g/mol. The van der Waals surface area contributed by atoms with Gasteiger partial charge < -0.3 is 20.1 Å². The summed E-state index contributed by atoms with van der Waals surface area (Å²) < 4.78 is 34.1. The van der Waals surface area contributed by atoms with Gasteiger partial charge >= 0.3 is 18.6 Å². The summed E-state index contributed by atoms with van der Waals surface area (Å²) in [4.78, 5) is 49.2. The lowest BCUT2D eigenvalue weighted by Crippen LogP contribution is -2.44. The lowest BCUT2D eigenvalue weighted by Gasteiger charge is -2.19. The van der Waals surface area contributed by atoms with Gasteiger partial charge in [-0.25, -0.2) is 4.79 Å². The first-order valence-electron chi connectivity index (χ1n) is 8.75. The molecule has 0 aliphatic carbocycles. The summed E-state index contributed by atoms with van der Waals surface area (Å²) in [5.74, 6) is -2.61. The molecular weight excluding hydrogens is 392 g/mol. The summed E-state index contributed by atoms with van der Waals surface area (Å²) >= 11 is 0. The predicted octanol–water partition coefficient (Wildman–Crippen LogP) is 1.88. The highest BCUT2D eigenvalue weighted by atomic mass is 19.3. The number of ether oxygens (including phenoxy) is 2. The van der Waals surface area contributed by atoms with Crippen LogP contribution in [0.4, 0.5) is 19.3 Å². The van der Waals surface area contributed by atoms with Crippen LogP contribution in [-0.2, 0) is 19.1 Å². The summed E-state index contributed by atoms with van der Waals surface area (Å²) in [6.45, 7) is 0.755. The second kappa shape index (κ2) is 8.84. The number of urea groups is 1. The van der Waals surface area contributed by atoms with Crippen LogP contribution < -0.4 is 15.4 Å². The Morgan fingerprint density at radius 1 is 1.28 bits per heavy atom. The Kier molecular flexibility index (Phi) is 6.72. The summed E-state index contributed by atoms with van der Waals surface area (Å²) in [7, 11) is 0. The molecule has 1 aliphatic rings. The van der Waals surface area contributed by atoms with Gasteiger partial charge in [0.1, 0.15) is 17.8 Å². The van der Waals surface area contributed by atoms with Gasteiger partial charge in [-0.3, -0.25) is 19.3 Å². The standard InChI is InChI=1S/C18H21F2N3O6/c1-4-18(3)15(26)23(17(27)22-18)9-13(24)28-10(2)14(25)21-11-7-5-6-8-12(11)29-16(19)20/h5-8,10,16H,4,9H2,1-3H3,(H,21,25)(H,22,27)/t10-,18+/m1/s1. The summed E-state index contributed by atoms with van der Waals surface area (Å²) in [5.41, 5.74) is -1.14. The number of para-hydroxylation sites is 2. The topological polar surface area (TPSA) is 114 Å². The fourth-order valence-corrected chi connectivity index (χ4v) is 2.55. The lowest BCUT2D eigenvalue weighted by molar-refractivity contribution is -0.155. The molecule has 9 nitrogen and oxygen atoms in total. The quantitative estimate of drug-likeness (QED) is 0.497. The molecule has 1 heterocycles. The van der Waals surface area contributed by atoms with Crippen molar-refractivity contribution in [3.8, 4) is 5.75 Å². The van der Waals surface area contributed by atoms with Crippen LogP contribution in [0.1, 0.15) is 27.2 Å². The van der Waals surface area contributed by atoms with E-state index in [0.717, 1.165) is 0 Å². The van der Waals surface area contributed by atoms with Crippen molar-refractivity contribution in [2.75, 3.05) is 11.9 Å². The fraction of sp³-hybridized carbons (Fsp3) is 0.444. The SMILES string of the molecule is CC[C@]1(C)NC(=O)N(CC(=O)O[C@H](C)C(=O)Nc2ccccc2OC(F)F)C1=O. The van der Waals surface area contributed by atoms with E-state index in [-0.39, 0.29) is 11.4 Å². The number of halogens is 2. The molecule has 1 aromatic rings. The van der Waals surface area contributed by atoms with Crippen molar-refractivity contribution in [2.24, 2.45) is 0 Å². The number of amides is 4. The number of carbonyl (C=O) groups excluding carboxylic acids is 4. The van der Waals surface area contributed by atoms with E-state index in [9.17, 15) is 28.0 Å². The van der Waals surface area contributed by atoms with Crippen LogP contribution in [0.5, 0.6) is 5.75 Å². The zero-order chi connectivity index (χ0) is 21.8. The first-order chi connectivity index (χ1) is 13.6. The van der Waals surface area contributed by atoms with Gasteiger partial charge in [-0.2, -0.15) is 8.78 Å². The van der Waals surface area contributed by atoms with Crippen LogP contribution in [-0.4, -0.2) is 53.5 Å². The number of carbonyl (C=O) groups is 4. The van der Waals surface area contributed by atoms with Crippen LogP contribution in [0.2, 0.25) is 0 Å². The molecule has 0 spiro atoms. The summed E-state index contributed by atoms with van der Waals surface area (Å²) in [6, 6.07) is 4.78. The molecule has 11 heteroatoms. The molecule has 1 fully saturated rings. The van der Waals surface area contributed by atoms with E-state index < -0.39 is 48.6 Å². The third kappa shape index (κ3) is 5.18. The Bertz CT molecular complexity index is 819. The van der Waals surface area contributed by atoms with Crippen molar-refractivity contribution in [3.05, 3.63) is 24.3 Å². The average molecular weight is 413 g/mol. The van der Waals surface area contributed by atoms with Gasteiger partial charge in [0.05, 0.1) is 5.69 Å². The second-order valence-electron chi connectivity index (χ2n) is 6.50. The van der Waals surface area contributed by atoms with E-state index in [2.05, 4.69) is 15.4 Å².